The molecule has 9 heteroatoms. The van der Waals surface area contributed by atoms with Crippen molar-refractivity contribution in [1.82, 2.24) is 14.9 Å². The number of amides is 1. The van der Waals surface area contributed by atoms with Crippen molar-refractivity contribution in [3.8, 4) is 11.6 Å². The number of carbonyl (C=O) groups is 1. The van der Waals surface area contributed by atoms with E-state index in [4.69, 9.17) is 27.1 Å². The van der Waals surface area contributed by atoms with Crippen molar-refractivity contribution >= 4 is 23.0 Å². The van der Waals surface area contributed by atoms with Crippen LogP contribution in [0.2, 0.25) is 5.02 Å². The molecule has 2 heterocycles. The van der Waals surface area contributed by atoms with Gasteiger partial charge in [0.05, 0.1) is 23.2 Å². The number of ether oxygens (including phenoxy) is 1. The fourth-order valence-electron chi connectivity index (χ4n) is 3.73. The van der Waals surface area contributed by atoms with E-state index in [0.29, 0.717) is 11.9 Å². The number of nitrogens with two attached hydrogens (primary N) is 1. The Labute approximate surface area is 201 Å². The van der Waals surface area contributed by atoms with Gasteiger partial charge < -0.3 is 14.9 Å². The number of rotatable bonds is 8. The van der Waals surface area contributed by atoms with Gasteiger partial charge in [0.1, 0.15) is 5.56 Å². The van der Waals surface area contributed by atoms with Crippen LogP contribution in [0, 0.1) is 19.7 Å². The molecule has 0 aliphatic rings. The Morgan fingerprint density at radius 1 is 1.21 bits per heavy atom. The molecule has 4 aromatic rings. The van der Waals surface area contributed by atoms with E-state index in [0.717, 1.165) is 16.7 Å². The molecule has 0 unspecified atom stereocenters. The maximum absolute atomic E-state index is 14.5. The van der Waals surface area contributed by atoms with E-state index < -0.39 is 17.8 Å². The minimum Gasteiger partial charge on any atom is -0.434 e. The Morgan fingerprint density at radius 2 is 2.03 bits per heavy atom. The van der Waals surface area contributed by atoms with E-state index >= 15 is 0 Å². The molecule has 0 spiro atoms. The van der Waals surface area contributed by atoms with E-state index in [-0.39, 0.29) is 28.8 Å². The summed E-state index contributed by atoms with van der Waals surface area (Å²) >= 11 is 5.88. The normalized spacial score (nSPS) is 12.0. The lowest BCUT2D eigenvalue weighted by Gasteiger charge is -2.20. The van der Waals surface area contributed by atoms with Gasteiger partial charge in [-0.1, -0.05) is 41.4 Å². The monoisotopic (exact) mass is 482 g/mol. The number of hydrogen-bond donors (Lipinski definition) is 2. The minimum atomic E-state index is -0.741. The van der Waals surface area contributed by atoms with Gasteiger partial charge in [-0.3, -0.25) is 4.79 Å². The number of aryl methyl sites for hydroxylation is 2. The zero-order valence-electron chi connectivity index (χ0n) is 18.7. The van der Waals surface area contributed by atoms with Crippen molar-refractivity contribution in [3.63, 3.8) is 0 Å². The van der Waals surface area contributed by atoms with Crippen molar-refractivity contribution in [3.05, 3.63) is 93.9 Å². The zero-order valence-corrected chi connectivity index (χ0v) is 19.5. The second kappa shape index (κ2) is 10.2. The van der Waals surface area contributed by atoms with Crippen LogP contribution in [0.25, 0.3) is 5.52 Å². The van der Waals surface area contributed by atoms with Crippen LogP contribution in [0.1, 0.15) is 27.0 Å². The van der Waals surface area contributed by atoms with Gasteiger partial charge in [-0.25, -0.2) is 14.8 Å². The first-order valence-corrected chi connectivity index (χ1v) is 11.0. The number of nitrogens with one attached hydrogen (secondary N) is 1. The number of nitrogens with zero attached hydrogens (tertiary/aromatic N) is 2. The molecule has 176 valence electrons. The predicted octanol–water partition coefficient (Wildman–Crippen LogP) is 4.77. The van der Waals surface area contributed by atoms with Crippen LogP contribution in [0.15, 0.2) is 60.8 Å². The molecule has 3 N–H and O–H groups in total. The summed E-state index contributed by atoms with van der Waals surface area (Å²) in [4.78, 5) is 18.2. The largest absolute Gasteiger partial charge is 0.434 e. The van der Waals surface area contributed by atoms with Crippen LogP contribution in [-0.2, 0) is 11.3 Å². The summed E-state index contributed by atoms with van der Waals surface area (Å²) in [5.41, 5.74) is 4.12. The molecule has 0 saturated heterocycles. The fraction of sp³-hybridized carbons (Fsp3) is 0.200. The Hall–Kier alpha value is -3.46. The van der Waals surface area contributed by atoms with Crippen LogP contribution >= 0.6 is 11.6 Å². The van der Waals surface area contributed by atoms with E-state index in [1.54, 1.807) is 30.5 Å². The molecular weight excluding hydrogens is 459 g/mol. The minimum absolute atomic E-state index is 0.0682. The van der Waals surface area contributed by atoms with Crippen molar-refractivity contribution in [1.29, 1.82) is 0 Å². The summed E-state index contributed by atoms with van der Waals surface area (Å²) in [5, 5.41) is 7.19. The lowest BCUT2D eigenvalue weighted by atomic mass is 9.99. The standard InChI is InChI=1S/C25H24ClFN4O3/c1-15-8-9-17(16(2)11-15)12-18(14-33-28)29-24(32)20-13-19-5-4-10-31(19)30-25(20)34-22-7-3-6-21(26)23(22)27/h3-11,13,18H,12,14,28H2,1-2H3,(H,29,32)/t18-/m1/s1. The Bertz CT molecular complexity index is 1340. The van der Waals surface area contributed by atoms with E-state index in [9.17, 15) is 9.18 Å². The van der Waals surface area contributed by atoms with Gasteiger partial charge in [0.15, 0.2) is 11.6 Å². The Balaban J connectivity index is 1.64. The number of hydrogen-bond acceptors (Lipinski definition) is 5. The molecule has 0 saturated carbocycles. The van der Waals surface area contributed by atoms with Gasteiger partial charge >= 0.3 is 0 Å². The highest BCUT2D eigenvalue weighted by atomic mass is 35.5. The van der Waals surface area contributed by atoms with E-state index in [1.807, 2.05) is 26.0 Å². The van der Waals surface area contributed by atoms with Gasteiger partial charge in [0.2, 0.25) is 5.88 Å². The first-order valence-electron chi connectivity index (χ1n) is 10.6. The van der Waals surface area contributed by atoms with Gasteiger partial charge in [-0.15, -0.1) is 5.10 Å². The second-order valence-corrected chi connectivity index (χ2v) is 8.44. The molecule has 1 amide bonds. The highest BCUT2D eigenvalue weighted by Crippen LogP contribution is 2.30. The van der Waals surface area contributed by atoms with Crippen LogP contribution < -0.4 is 16.0 Å². The molecule has 0 aliphatic carbocycles. The first-order chi connectivity index (χ1) is 16.4. The molecule has 7 nitrogen and oxygen atoms in total. The molecule has 2 aromatic heterocycles. The summed E-state index contributed by atoms with van der Waals surface area (Å²) in [6.07, 6.45) is 2.21. The summed E-state index contributed by atoms with van der Waals surface area (Å²) in [6, 6.07) is 15.3. The molecule has 2 aromatic carbocycles. The molecule has 4 rings (SSSR count). The highest BCUT2D eigenvalue weighted by molar-refractivity contribution is 6.30. The van der Waals surface area contributed by atoms with Crippen LogP contribution in [-0.4, -0.2) is 28.2 Å². The van der Waals surface area contributed by atoms with Gasteiger partial charge in [0.25, 0.3) is 5.91 Å². The third-order valence-electron chi connectivity index (χ3n) is 5.44. The smallest absolute Gasteiger partial charge is 0.257 e. The number of aromatic nitrogens is 2. The fourth-order valence-corrected chi connectivity index (χ4v) is 3.89. The molecule has 0 aliphatic heterocycles. The van der Waals surface area contributed by atoms with E-state index in [1.165, 1.54) is 16.6 Å². The topological polar surface area (TPSA) is 90.9 Å². The average molecular weight is 483 g/mol. The molecule has 0 radical (unpaired) electrons. The number of fused-ring (bicyclic) bond motifs is 1. The predicted molar refractivity (Wildman–Crippen MR) is 128 cm³/mol. The quantitative estimate of drug-likeness (QED) is 0.353. The third-order valence-corrected chi connectivity index (χ3v) is 5.74. The maximum Gasteiger partial charge on any atom is 0.257 e. The Kier molecular flexibility index (Phi) is 7.12. The van der Waals surface area contributed by atoms with Crippen molar-refractivity contribution in [2.75, 3.05) is 6.61 Å². The van der Waals surface area contributed by atoms with Crippen LogP contribution in [0.3, 0.4) is 0 Å². The van der Waals surface area contributed by atoms with Crippen LogP contribution in [0.5, 0.6) is 11.6 Å². The van der Waals surface area contributed by atoms with Crippen molar-refractivity contribution in [2.24, 2.45) is 5.90 Å². The van der Waals surface area contributed by atoms with Gasteiger partial charge in [0, 0.05) is 6.20 Å². The average Bonchev–Trinajstić information content (AvgIpc) is 3.26. The van der Waals surface area contributed by atoms with E-state index in [2.05, 4.69) is 16.5 Å². The highest BCUT2D eigenvalue weighted by Gasteiger charge is 2.22. The SMILES string of the molecule is Cc1ccc(C[C@H](CON)NC(=O)c2cc3cccn3nc2Oc2cccc(Cl)c2F)c(C)c1. The van der Waals surface area contributed by atoms with Crippen LogP contribution in [0.4, 0.5) is 4.39 Å². The Morgan fingerprint density at radius 3 is 2.79 bits per heavy atom. The molecule has 0 fully saturated rings. The zero-order chi connectivity index (χ0) is 24.2. The van der Waals surface area contributed by atoms with Gasteiger partial charge in [-0.2, -0.15) is 0 Å². The molecule has 34 heavy (non-hydrogen) atoms. The van der Waals surface area contributed by atoms with Crippen molar-refractivity contribution in [2.45, 2.75) is 26.3 Å². The second-order valence-electron chi connectivity index (χ2n) is 8.03. The van der Waals surface area contributed by atoms with Crippen molar-refractivity contribution < 1.29 is 18.8 Å². The number of benzene rings is 2. The third kappa shape index (κ3) is 5.20. The lowest BCUT2D eigenvalue weighted by molar-refractivity contribution is 0.0837. The molecular formula is C25H24ClFN4O3. The maximum atomic E-state index is 14.5. The molecule has 0 bridgehead atoms. The first kappa shape index (κ1) is 23.7. The summed E-state index contributed by atoms with van der Waals surface area (Å²) in [7, 11) is 0. The molecule has 1 atom stereocenters. The number of halogens is 2. The summed E-state index contributed by atoms with van der Waals surface area (Å²) in [6.45, 7) is 4.13. The lowest BCUT2D eigenvalue weighted by Crippen LogP contribution is -2.41. The number of carbonyl (C=O) groups excluding carboxylic acids is 1. The summed E-state index contributed by atoms with van der Waals surface area (Å²) < 4.78 is 21.7. The van der Waals surface area contributed by atoms with Gasteiger partial charge in [-0.05, 0) is 61.7 Å². The summed E-state index contributed by atoms with van der Waals surface area (Å²) in [5.74, 6) is 3.93.